The van der Waals surface area contributed by atoms with Crippen LogP contribution in [0.1, 0.15) is 26.3 Å². The molecule has 0 saturated heterocycles. The van der Waals surface area contributed by atoms with Gasteiger partial charge in [0.1, 0.15) is 0 Å². The third kappa shape index (κ3) is 3.58. The molecule has 0 heterocycles. The predicted molar refractivity (Wildman–Crippen MR) is 87.7 cm³/mol. The summed E-state index contributed by atoms with van der Waals surface area (Å²) in [5, 5.41) is 0.635. The van der Waals surface area contributed by atoms with Gasteiger partial charge >= 0.3 is 0 Å². The number of imide groups is 1. The van der Waals surface area contributed by atoms with E-state index in [9.17, 15) is 9.59 Å². The summed E-state index contributed by atoms with van der Waals surface area (Å²) in [5.74, 6) is 4.60. The van der Waals surface area contributed by atoms with Crippen molar-refractivity contribution in [2.75, 3.05) is 0 Å². The van der Waals surface area contributed by atoms with Gasteiger partial charge in [0, 0.05) is 20.1 Å². The molecule has 2 N–H and O–H groups in total. The summed E-state index contributed by atoms with van der Waals surface area (Å²) in [6.45, 7) is 1.79. The van der Waals surface area contributed by atoms with Crippen molar-refractivity contribution in [3.63, 3.8) is 0 Å². The summed E-state index contributed by atoms with van der Waals surface area (Å²) >= 11 is 6.59. The van der Waals surface area contributed by atoms with Crippen molar-refractivity contribution < 1.29 is 9.59 Å². The molecule has 0 saturated carbocycles. The molecular weight excluding hydrogens is 400 g/mol. The van der Waals surface area contributed by atoms with E-state index in [1.807, 2.05) is 6.07 Å². The number of aryl methyl sites for hydroxylation is 1. The molecule has 21 heavy (non-hydrogen) atoms. The summed E-state index contributed by atoms with van der Waals surface area (Å²) < 4.78 is 1.44. The summed E-state index contributed by atoms with van der Waals surface area (Å²) in [5.41, 5.74) is 1.49. The molecule has 0 fully saturated rings. The minimum absolute atomic E-state index is 0.320. The van der Waals surface area contributed by atoms with Gasteiger partial charge in [-0.3, -0.25) is 9.59 Å². The molecule has 4 nitrogen and oxygen atoms in total. The van der Waals surface area contributed by atoms with Crippen LogP contribution < -0.4 is 5.84 Å². The maximum Gasteiger partial charge on any atom is 0.275 e. The molecule has 2 amide bonds. The molecule has 0 bridgehead atoms. The summed E-state index contributed by atoms with van der Waals surface area (Å²) in [7, 11) is 0. The normalized spacial score (nSPS) is 10.3. The second-order valence-corrected chi connectivity index (χ2v) is 6.28. The summed E-state index contributed by atoms with van der Waals surface area (Å²) in [4.78, 5) is 24.6. The van der Waals surface area contributed by atoms with E-state index >= 15 is 0 Å². The Hall–Kier alpha value is -1.50. The Morgan fingerprint density at radius 2 is 1.57 bits per heavy atom. The fourth-order valence-electron chi connectivity index (χ4n) is 1.85. The average molecular weight is 412 g/mol. The lowest BCUT2D eigenvalue weighted by Crippen LogP contribution is -2.42. The monoisotopic (exact) mass is 410 g/mol. The molecule has 0 aliphatic carbocycles. The zero-order valence-corrected chi connectivity index (χ0v) is 14.3. The third-order valence-electron chi connectivity index (χ3n) is 2.92. The molecule has 6 heteroatoms. The third-order valence-corrected chi connectivity index (χ3v) is 3.84. The Kier molecular flexibility index (Phi) is 4.92. The standard InChI is InChI=1S/C15H12Br2N2O2/c1-9-4-2-3-5-13(9)15(21)19(18)14(20)10-6-11(16)8-12(17)7-10/h2-8H,18H2,1H3. The van der Waals surface area contributed by atoms with Crippen molar-refractivity contribution in [1.29, 1.82) is 0 Å². The molecule has 0 radical (unpaired) electrons. The number of nitrogens with zero attached hydrogens (tertiary/aromatic N) is 1. The maximum absolute atomic E-state index is 12.3. The van der Waals surface area contributed by atoms with Crippen molar-refractivity contribution >= 4 is 43.7 Å². The van der Waals surface area contributed by atoms with Crippen molar-refractivity contribution in [2.45, 2.75) is 6.92 Å². The van der Waals surface area contributed by atoms with E-state index < -0.39 is 11.8 Å². The van der Waals surface area contributed by atoms with E-state index in [1.54, 1.807) is 43.3 Å². The molecular formula is C15H12Br2N2O2. The van der Waals surface area contributed by atoms with Crippen LogP contribution in [0.4, 0.5) is 0 Å². The highest BCUT2D eigenvalue weighted by atomic mass is 79.9. The largest absolute Gasteiger partial charge is 0.275 e. The highest BCUT2D eigenvalue weighted by Gasteiger charge is 2.22. The van der Waals surface area contributed by atoms with Gasteiger partial charge in [-0.25, -0.2) is 10.9 Å². The lowest BCUT2D eigenvalue weighted by atomic mass is 10.1. The topological polar surface area (TPSA) is 63.4 Å². The van der Waals surface area contributed by atoms with Crippen LogP contribution in [0, 0.1) is 6.92 Å². The zero-order valence-electron chi connectivity index (χ0n) is 11.1. The van der Waals surface area contributed by atoms with Crippen LogP contribution in [-0.2, 0) is 0 Å². The molecule has 2 aromatic rings. The van der Waals surface area contributed by atoms with Crippen LogP contribution >= 0.6 is 31.9 Å². The van der Waals surface area contributed by atoms with E-state index in [1.165, 1.54) is 0 Å². The van der Waals surface area contributed by atoms with Crippen molar-refractivity contribution in [3.05, 3.63) is 68.1 Å². The number of rotatable bonds is 2. The number of amides is 2. The number of carbonyl (C=O) groups excluding carboxylic acids is 2. The highest BCUT2D eigenvalue weighted by molar-refractivity contribution is 9.11. The number of benzene rings is 2. The molecule has 0 atom stereocenters. The van der Waals surface area contributed by atoms with Crippen molar-refractivity contribution in [1.82, 2.24) is 5.01 Å². The molecule has 0 aromatic heterocycles. The van der Waals surface area contributed by atoms with Gasteiger partial charge in [0.2, 0.25) is 0 Å². The lowest BCUT2D eigenvalue weighted by molar-refractivity contribution is 0.0615. The van der Waals surface area contributed by atoms with Crippen LogP contribution in [0.2, 0.25) is 0 Å². The Bertz CT molecular complexity index is 696. The molecule has 108 valence electrons. The Balaban J connectivity index is 2.31. The van der Waals surface area contributed by atoms with Gasteiger partial charge in [-0.15, -0.1) is 0 Å². The molecule has 2 aromatic carbocycles. The molecule has 2 rings (SSSR count). The molecule has 0 aliphatic rings. The van der Waals surface area contributed by atoms with E-state index in [-0.39, 0.29) is 0 Å². The molecule has 0 aliphatic heterocycles. The Morgan fingerprint density at radius 3 is 2.14 bits per heavy atom. The van der Waals surface area contributed by atoms with Gasteiger partial charge < -0.3 is 0 Å². The van der Waals surface area contributed by atoms with E-state index in [0.717, 1.165) is 14.5 Å². The SMILES string of the molecule is Cc1ccccc1C(=O)N(N)C(=O)c1cc(Br)cc(Br)c1. The van der Waals surface area contributed by atoms with E-state index in [2.05, 4.69) is 31.9 Å². The zero-order chi connectivity index (χ0) is 15.6. The van der Waals surface area contributed by atoms with Crippen LogP contribution in [0.25, 0.3) is 0 Å². The van der Waals surface area contributed by atoms with E-state index in [4.69, 9.17) is 5.84 Å². The predicted octanol–water partition coefficient (Wildman–Crippen LogP) is 3.68. The fourth-order valence-corrected chi connectivity index (χ4v) is 3.14. The first-order valence-electron chi connectivity index (χ1n) is 6.05. The van der Waals surface area contributed by atoms with Crippen LogP contribution in [-0.4, -0.2) is 16.8 Å². The minimum Gasteiger partial charge on any atom is -0.267 e. The molecule has 0 unspecified atom stereocenters. The first-order valence-corrected chi connectivity index (χ1v) is 7.64. The fraction of sp³-hybridized carbons (Fsp3) is 0.0667. The van der Waals surface area contributed by atoms with Gasteiger partial charge in [0.05, 0.1) is 0 Å². The quantitative estimate of drug-likeness (QED) is 0.355. The second kappa shape index (κ2) is 6.51. The minimum atomic E-state index is -0.565. The first kappa shape index (κ1) is 15.9. The lowest BCUT2D eigenvalue weighted by Gasteiger charge is -2.16. The average Bonchev–Trinajstić information content (AvgIpc) is 2.44. The molecule has 0 spiro atoms. The Morgan fingerprint density at radius 1 is 1.00 bits per heavy atom. The van der Waals surface area contributed by atoms with Crippen LogP contribution in [0.3, 0.4) is 0 Å². The van der Waals surface area contributed by atoms with Gasteiger partial charge in [-0.1, -0.05) is 50.1 Å². The number of hydrogen-bond donors (Lipinski definition) is 1. The van der Waals surface area contributed by atoms with Crippen LogP contribution in [0.5, 0.6) is 0 Å². The maximum atomic E-state index is 12.3. The first-order chi connectivity index (χ1) is 9.90. The number of halogens is 2. The highest BCUT2D eigenvalue weighted by Crippen LogP contribution is 2.21. The van der Waals surface area contributed by atoms with Gasteiger partial charge in [0.15, 0.2) is 0 Å². The van der Waals surface area contributed by atoms with Gasteiger partial charge in [-0.2, -0.15) is 0 Å². The van der Waals surface area contributed by atoms with Gasteiger partial charge in [0.25, 0.3) is 11.8 Å². The Labute approximate surface area is 139 Å². The number of hydrazine groups is 1. The summed E-state index contributed by atoms with van der Waals surface area (Å²) in [6, 6.07) is 12.0. The van der Waals surface area contributed by atoms with Crippen molar-refractivity contribution in [3.8, 4) is 0 Å². The number of carbonyl (C=O) groups is 2. The summed E-state index contributed by atoms with van der Waals surface area (Å²) in [6.07, 6.45) is 0. The number of hydrogen-bond acceptors (Lipinski definition) is 3. The van der Waals surface area contributed by atoms with Gasteiger partial charge in [-0.05, 0) is 36.8 Å². The van der Waals surface area contributed by atoms with E-state index in [0.29, 0.717) is 16.1 Å². The number of nitrogens with two attached hydrogens (primary N) is 1. The van der Waals surface area contributed by atoms with Crippen LogP contribution in [0.15, 0.2) is 51.4 Å². The van der Waals surface area contributed by atoms with Crippen molar-refractivity contribution in [2.24, 2.45) is 5.84 Å². The second-order valence-electron chi connectivity index (χ2n) is 4.45. The smallest absolute Gasteiger partial charge is 0.267 e.